The zero-order valence-electron chi connectivity index (χ0n) is 12.1. The molecule has 0 amide bonds. The average molecular weight is 287 g/mol. The third-order valence-electron chi connectivity index (χ3n) is 3.31. The van der Waals surface area contributed by atoms with Gasteiger partial charge in [0, 0.05) is 25.4 Å². The number of aromatic nitrogens is 4. The Hall–Kier alpha value is -2.44. The zero-order chi connectivity index (χ0) is 14.7. The number of rotatable bonds is 4. The van der Waals surface area contributed by atoms with E-state index in [0.29, 0.717) is 11.8 Å². The van der Waals surface area contributed by atoms with Crippen LogP contribution in [0.1, 0.15) is 12.0 Å². The number of methoxy groups -OCH3 is 1. The Kier molecular flexibility index (Phi) is 3.81. The highest BCUT2D eigenvalue weighted by Gasteiger charge is 2.26. The molecule has 1 unspecified atom stereocenters. The van der Waals surface area contributed by atoms with Gasteiger partial charge in [0.05, 0.1) is 26.0 Å². The molecule has 2 aromatic rings. The summed E-state index contributed by atoms with van der Waals surface area (Å²) >= 11 is 0. The Labute approximate surface area is 123 Å². The maximum atomic E-state index is 5.78. The van der Waals surface area contributed by atoms with Crippen molar-refractivity contribution in [2.45, 2.75) is 19.4 Å². The van der Waals surface area contributed by atoms with Crippen LogP contribution in [0.3, 0.4) is 0 Å². The van der Waals surface area contributed by atoms with Crippen molar-refractivity contribution in [3.8, 4) is 11.8 Å². The van der Waals surface area contributed by atoms with Gasteiger partial charge in [-0.2, -0.15) is 9.97 Å². The molecule has 1 fully saturated rings. The highest BCUT2D eigenvalue weighted by Crippen LogP contribution is 2.19. The van der Waals surface area contributed by atoms with E-state index in [1.807, 2.05) is 19.3 Å². The van der Waals surface area contributed by atoms with Gasteiger partial charge in [-0.25, -0.2) is 9.97 Å². The molecule has 0 bridgehead atoms. The highest BCUT2D eigenvalue weighted by atomic mass is 16.5. The van der Waals surface area contributed by atoms with Crippen LogP contribution in [0.2, 0.25) is 0 Å². The van der Waals surface area contributed by atoms with Gasteiger partial charge in [0.2, 0.25) is 5.95 Å². The third kappa shape index (κ3) is 3.18. The van der Waals surface area contributed by atoms with Crippen LogP contribution in [0.25, 0.3) is 0 Å². The maximum absolute atomic E-state index is 5.78. The standard InChI is InChI=1S/C14H17N5O2/c1-10-5-15-13(16-6-10)19-4-3-11(9-19)21-14-17-7-12(20-2)8-18-14/h5-8,11H,3-4,9H2,1-2H3. The first-order valence-electron chi connectivity index (χ1n) is 6.81. The molecular formula is C14H17N5O2. The van der Waals surface area contributed by atoms with Crippen molar-refractivity contribution in [3.05, 3.63) is 30.4 Å². The summed E-state index contributed by atoms with van der Waals surface area (Å²) in [5.74, 6) is 1.35. The lowest BCUT2D eigenvalue weighted by atomic mass is 10.3. The first kappa shape index (κ1) is 13.5. The number of aryl methyl sites for hydroxylation is 1. The summed E-state index contributed by atoms with van der Waals surface area (Å²) in [6.07, 6.45) is 7.78. The Bertz CT molecular complexity index is 587. The van der Waals surface area contributed by atoms with Crippen LogP contribution >= 0.6 is 0 Å². The molecule has 3 rings (SSSR count). The summed E-state index contributed by atoms with van der Waals surface area (Å²) in [6.45, 7) is 3.57. The number of hydrogen-bond acceptors (Lipinski definition) is 7. The van der Waals surface area contributed by atoms with Gasteiger partial charge in [-0.15, -0.1) is 0 Å². The van der Waals surface area contributed by atoms with E-state index in [9.17, 15) is 0 Å². The lowest BCUT2D eigenvalue weighted by Gasteiger charge is -2.16. The quantitative estimate of drug-likeness (QED) is 0.837. The first-order valence-corrected chi connectivity index (χ1v) is 6.81. The number of nitrogens with zero attached hydrogens (tertiary/aromatic N) is 5. The zero-order valence-corrected chi connectivity index (χ0v) is 12.1. The summed E-state index contributed by atoms with van der Waals surface area (Å²) in [5.41, 5.74) is 1.05. The van der Waals surface area contributed by atoms with Crippen molar-refractivity contribution in [1.82, 2.24) is 19.9 Å². The van der Waals surface area contributed by atoms with E-state index >= 15 is 0 Å². The van der Waals surface area contributed by atoms with Crippen LogP contribution in [0.15, 0.2) is 24.8 Å². The second kappa shape index (κ2) is 5.90. The fourth-order valence-electron chi connectivity index (χ4n) is 2.17. The van der Waals surface area contributed by atoms with Crippen molar-refractivity contribution in [1.29, 1.82) is 0 Å². The van der Waals surface area contributed by atoms with Crippen LogP contribution in [0.4, 0.5) is 5.95 Å². The van der Waals surface area contributed by atoms with Gasteiger partial charge in [0.25, 0.3) is 0 Å². The van der Waals surface area contributed by atoms with Gasteiger partial charge >= 0.3 is 6.01 Å². The van der Waals surface area contributed by atoms with Crippen LogP contribution in [-0.2, 0) is 0 Å². The Balaban J connectivity index is 1.60. The second-order valence-corrected chi connectivity index (χ2v) is 4.94. The van der Waals surface area contributed by atoms with Crippen molar-refractivity contribution in [2.24, 2.45) is 0 Å². The maximum Gasteiger partial charge on any atom is 0.316 e. The van der Waals surface area contributed by atoms with Crippen LogP contribution < -0.4 is 14.4 Å². The van der Waals surface area contributed by atoms with Gasteiger partial charge in [-0.3, -0.25) is 0 Å². The van der Waals surface area contributed by atoms with Crippen molar-refractivity contribution >= 4 is 5.95 Å². The van der Waals surface area contributed by atoms with E-state index in [1.165, 1.54) is 0 Å². The molecule has 0 spiro atoms. The molecule has 3 heterocycles. The molecule has 7 nitrogen and oxygen atoms in total. The van der Waals surface area contributed by atoms with Crippen LogP contribution in [-0.4, -0.2) is 46.2 Å². The topological polar surface area (TPSA) is 73.3 Å². The van der Waals surface area contributed by atoms with E-state index in [2.05, 4.69) is 24.8 Å². The summed E-state index contributed by atoms with van der Waals surface area (Å²) in [6, 6.07) is 0.368. The number of hydrogen-bond donors (Lipinski definition) is 0. The van der Waals surface area contributed by atoms with Crippen molar-refractivity contribution in [2.75, 3.05) is 25.1 Å². The molecule has 0 aromatic carbocycles. The molecular weight excluding hydrogens is 270 g/mol. The monoisotopic (exact) mass is 287 g/mol. The Morgan fingerprint density at radius 3 is 2.48 bits per heavy atom. The van der Waals surface area contributed by atoms with Crippen molar-refractivity contribution in [3.63, 3.8) is 0 Å². The molecule has 0 aliphatic carbocycles. The van der Waals surface area contributed by atoms with E-state index in [-0.39, 0.29) is 6.10 Å². The molecule has 21 heavy (non-hydrogen) atoms. The molecule has 0 N–H and O–H groups in total. The van der Waals surface area contributed by atoms with E-state index in [4.69, 9.17) is 9.47 Å². The number of ether oxygens (including phenoxy) is 2. The molecule has 0 radical (unpaired) electrons. The summed E-state index contributed by atoms with van der Waals surface area (Å²) in [4.78, 5) is 19.0. The van der Waals surface area contributed by atoms with Gasteiger partial charge in [-0.1, -0.05) is 0 Å². The normalized spacial score (nSPS) is 17.8. The largest absolute Gasteiger partial charge is 0.494 e. The van der Waals surface area contributed by atoms with Gasteiger partial charge in [-0.05, 0) is 12.5 Å². The van der Waals surface area contributed by atoms with Crippen LogP contribution in [0.5, 0.6) is 11.8 Å². The molecule has 2 aromatic heterocycles. The first-order chi connectivity index (χ1) is 10.2. The van der Waals surface area contributed by atoms with Crippen molar-refractivity contribution < 1.29 is 9.47 Å². The molecule has 1 saturated heterocycles. The second-order valence-electron chi connectivity index (χ2n) is 4.94. The molecule has 1 aliphatic rings. The summed E-state index contributed by atoms with van der Waals surface area (Å²) < 4.78 is 10.8. The van der Waals surface area contributed by atoms with Gasteiger partial charge in [0.1, 0.15) is 6.10 Å². The van der Waals surface area contributed by atoms with E-state index in [0.717, 1.165) is 31.0 Å². The molecule has 0 saturated carbocycles. The fourth-order valence-corrected chi connectivity index (χ4v) is 2.17. The Morgan fingerprint density at radius 1 is 1.10 bits per heavy atom. The fraction of sp³-hybridized carbons (Fsp3) is 0.429. The minimum atomic E-state index is 0.0447. The summed E-state index contributed by atoms with van der Waals surface area (Å²) in [5, 5.41) is 0. The van der Waals surface area contributed by atoms with E-state index in [1.54, 1.807) is 19.5 Å². The molecule has 110 valence electrons. The lowest BCUT2D eigenvalue weighted by Crippen LogP contribution is -2.26. The Morgan fingerprint density at radius 2 is 1.81 bits per heavy atom. The van der Waals surface area contributed by atoms with Gasteiger partial charge in [0.15, 0.2) is 5.75 Å². The minimum Gasteiger partial charge on any atom is -0.494 e. The molecule has 7 heteroatoms. The van der Waals surface area contributed by atoms with Gasteiger partial charge < -0.3 is 14.4 Å². The summed E-state index contributed by atoms with van der Waals surface area (Å²) in [7, 11) is 1.58. The molecule has 1 aliphatic heterocycles. The highest BCUT2D eigenvalue weighted by molar-refractivity contribution is 5.32. The predicted octanol–water partition coefficient (Wildman–Crippen LogP) is 1.24. The third-order valence-corrected chi connectivity index (χ3v) is 3.31. The number of anilines is 1. The smallest absolute Gasteiger partial charge is 0.316 e. The SMILES string of the molecule is COc1cnc(OC2CCN(c3ncc(C)cn3)C2)nc1. The molecule has 1 atom stereocenters. The average Bonchev–Trinajstić information content (AvgIpc) is 2.97. The lowest BCUT2D eigenvalue weighted by molar-refractivity contribution is 0.205. The minimum absolute atomic E-state index is 0.0447. The van der Waals surface area contributed by atoms with Crippen LogP contribution in [0, 0.1) is 6.92 Å². The predicted molar refractivity (Wildman–Crippen MR) is 76.6 cm³/mol. The van der Waals surface area contributed by atoms with E-state index < -0.39 is 0 Å².